The number of halogens is 2. The van der Waals surface area contributed by atoms with Gasteiger partial charge >= 0.3 is 5.97 Å². The highest BCUT2D eigenvalue weighted by molar-refractivity contribution is 9.10. The molecule has 0 radical (unpaired) electrons. The maximum Gasteiger partial charge on any atom is 0.325 e. The van der Waals surface area contributed by atoms with Crippen LogP contribution in [0.2, 0.25) is 0 Å². The van der Waals surface area contributed by atoms with Crippen LogP contribution in [0.4, 0.5) is 4.39 Å². The molecule has 1 aliphatic rings. The molecule has 0 atom stereocenters. The largest absolute Gasteiger partial charge is 0.465 e. The quantitative estimate of drug-likeness (QED) is 0.772. The van der Waals surface area contributed by atoms with Gasteiger partial charge in [-0.1, -0.05) is 6.07 Å². The number of rotatable bonds is 5. The van der Waals surface area contributed by atoms with Crippen molar-refractivity contribution in [3.05, 3.63) is 34.1 Å². The van der Waals surface area contributed by atoms with E-state index in [1.54, 1.807) is 6.92 Å². The first-order valence-corrected chi connectivity index (χ1v) is 7.24. The molecule has 0 aromatic heterocycles. The van der Waals surface area contributed by atoms with Crippen molar-refractivity contribution in [3.8, 4) is 0 Å². The van der Waals surface area contributed by atoms with E-state index in [-0.39, 0.29) is 35.1 Å². The standard InChI is InChI=1S/C14H15BrFNO3/c1-2-20-12(18)8-17(9-6-7-9)14(19)10-4-3-5-11(16)13(10)15/h3-5,9H,2,6-8H2,1H3. The zero-order valence-electron chi connectivity index (χ0n) is 11.1. The molecular weight excluding hydrogens is 329 g/mol. The maximum absolute atomic E-state index is 13.5. The molecule has 0 heterocycles. The fourth-order valence-electron chi connectivity index (χ4n) is 1.92. The van der Waals surface area contributed by atoms with E-state index in [2.05, 4.69) is 15.9 Å². The van der Waals surface area contributed by atoms with Crippen LogP contribution >= 0.6 is 15.9 Å². The van der Waals surface area contributed by atoms with E-state index in [4.69, 9.17) is 4.74 Å². The van der Waals surface area contributed by atoms with Gasteiger partial charge in [-0.3, -0.25) is 9.59 Å². The fraction of sp³-hybridized carbons (Fsp3) is 0.429. The van der Waals surface area contributed by atoms with Crippen molar-refractivity contribution in [1.29, 1.82) is 0 Å². The van der Waals surface area contributed by atoms with E-state index in [0.29, 0.717) is 0 Å². The Labute approximate surface area is 125 Å². The summed E-state index contributed by atoms with van der Waals surface area (Å²) in [5, 5.41) is 0. The number of nitrogens with zero attached hydrogens (tertiary/aromatic N) is 1. The van der Waals surface area contributed by atoms with Gasteiger partial charge in [-0.2, -0.15) is 0 Å². The number of carbonyl (C=O) groups is 2. The van der Waals surface area contributed by atoms with Crippen LogP contribution in [-0.4, -0.2) is 36.0 Å². The van der Waals surface area contributed by atoms with Gasteiger partial charge in [0.1, 0.15) is 12.4 Å². The number of esters is 1. The first kappa shape index (κ1) is 15.0. The van der Waals surface area contributed by atoms with Gasteiger partial charge in [0.2, 0.25) is 0 Å². The number of amides is 1. The van der Waals surface area contributed by atoms with E-state index >= 15 is 0 Å². The summed E-state index contributed by atoms with van der Waals surface area (Å²) in [7, 11) is 0. The molecule has 2 rings (SSSR count). The van der Waals surface area contributed by atoms with Crippen molar-refractivity contribution in [1.82, 2.24) is 4.90 Å². The summed E-state index contributed by atoms with van der Waals surface area (Å²) in [6.45, 7) is 1.89. The van der Waals surface area contributed by atoms with Gasteiger partial charge in [-0.05, 0) is 47.8 Å². The van der Waals surface area contributed by atoms with Gasteiger partial charge in [0.15, 0.2) is 0 Å². The summed E-state index contributed by atoms with van der Waals surface area (Å²) in [5.74, 6) is -1.30. The second-order valence-electron chi connectivity index (χ2n) is 4.57. The molecule has 0 spiro atoms. The molecule has 0 saturated heterocycles. The minimum atomic E-state index is -0.497. The average Bonchev–Trinajstić information content (AvgIpc) is 3.23. The molecule has 1 aromatic rings. The molecule has 0 N–H and O–H groups in total. The van der Waals surface area contributed by atoms with Crippen LogP contribution in [0, 0.1) is 5.82 Å². The van der Waals surface area contributed by atoms with Crippen LogP contribution in [0.1, 0.15) is 30.1 Å². The third-order valence-corrected chi connectivity index (χ3v) is 3.84. The van der Waals surface area contributed by atoms with Crippen molar-refractivity contribution in [2.24, 2.45) is 0 Å². The number of carbonyl (C=O) groups excluding carboxylic acids is 2. The lowest BCUT2D eigenvalue weighted by Gasteiger charge is -2.22. The molecule has 1 aromatic carbocycles. The van der Waals surface area contributed by atoms with Gasteiger partial charge < -0.3 is 9.64 Å². The van der Waals surface area contributed by atoms with E-state index < -0.39 is 11.8 Å². The normalized spacial score (nSPS) is 13.9. The Morgan fingerprint density at radius 1 is 1.45 bits per heavy atom. The monoisotopic (exact) mass is 343 g/mol. The number of benzene rings is 1. The zero-order valence-corrected chi connectivity index (χ0v) is 12.7. The molecule has 1 fully saturated rings. The number of ether oxygens (including phenoxy) is 1. The van der Waals surface area contributed by atoms with Crippen LogP contribution < -0.4 is 0 Å². The third-order valence-electron chi connectivity index (χ3n) is 3.04. The summed E-state index contributed by atoms with van der Waals surface area (Å²) in [6, 6.07) is 4.33. The molecule has 108 valence electrons. The first-order chi connectivity index (χ1) is 9.54. The highest BCUT2D eigenvalue weighted by Gasteiger charge is 2.35. The Kier molecular flexibility index (Phi) is 4.75. The Morgan fingerprint density at radius 2 is 2.15 bits per heavy atom. The summed E-state index contributed by atoms with van der Waals surface area (Å²) in [6.07, 6.45) is 1.72. The van der Waals surface area contributed by atoms with Crippen LogP contribution in [-0.2, 0) is 9.53 Å². The van der Waals surface area contributed by atoms with Crippen molar-refractivity contribution in [3.63, 3.8) is 0 Å². The van der Waals surface area contributed by atoms with Crippen LogP contribution in [0.3, 0.4) is 0 Å². The van der Waals surface area contributed by atoms with E-state index in [9.17, 15) is 14.0 Å². The van der Waals surface area contributed by atoms with Gasteiger partial charge in [-0.25, -0.2) is 4.39 Å². The average molecular weight is 344 g/mol. The fourth-order valence-corrected chi connectivity index (χ4v) is 2.36. The maximum atomic E-state index is 13.5. The van der Waals surface area contributed by atoms with E-state index in [1.807, 2.05) is 0 Å². The summed E-state index contributed by atoms with van der Waals surface area (Å²) < 4.78 is 18.5. The predicted molar refractivity (Wildman–Crippen MR) is 74.8 cm³/mol. The topological polar surface area (TPSA) is 46.6 Å². The van der Waals surface area contributed by atoms with E-state index in [1.165, 1.54) is 23.1 Å². The second kappa shape index (κ2) is 6.35. The second-order valence-corrected chi connectivity index (χ2v) is 5.36. The number of hydrogen-bond acceptors (Lipinski definition) is 3. The van der Waals surface area contributed by atoms with Crippen LogP contribution in [0.15, 0.2) is 22.7 Å². The third kappa shape index (κ3) is 3.36. The number of hydrogen-bond donors (Lipinski definition) is 0. The van der Waals surface area contributed by atoms with E-state index in [0.717, 1.165) is 12.8 Å². The van der Waals surface area contributed by atoms with Crippen molar-refractivity contribution in [2.75, 3.05) is 13.2 Å². The Balaban J connectivity index is 2.19. The molecule has 0 aliphatic heterocycles. The molecular formula is C14H15BrFNO3. The molecule has 1 saturated carbocycles. The minimum Gasteiger partial charge on any atom is -0.465 e. The van der Waals surface area contributed by atoms with Gasteiger partial charge in [0.05, 0.1) is 16.6 Å². The van der Waals surface area contributed by atoms with Crippen LogP contribution in [0.5, 0.6) is 0 Å². The summed E-state index contributed by atoms with van der Waals surface area (Å²) in [4.78, 5) is 25.5. The molecule has 6 heteroatoms. The zero-order chi connectivity index (χ0) is 14.7. The Morgan fingerprint density at radius 3 is 2.75 bits per heavy atom. The molecule has 20 heavy (non-hydrogen) atoms. The summed E-state index contributed by atoms with van der Waals surface area (Å²) in [5.41, 5.74) is 0.223. The first-order valence-electron chi connectivity index (χ1n) is 6.45. The minimum absolute atomic E-state index is 0.0436. The molecule has 1 aliphatic carbocycles. The SMILES string of the molecule is CCOC(=O)CN(C(=O)c1cccc(F)c1Br)C1CC1. The van der Waals surface area contributed by atoms with Gasteiger partial charge in [-0.15, -0.1) is 0 Å². The van der Waals surface area contributed by atoms with Crippen molar-refractivity contribution in [2.45, 2.75) is 25.8 Å². The van der Waals surface area contributed by atoms with Gasteiger partial charge in [0.25, 0.3) is 5.91 Å². The van der Waals surface area contributed by atoms with Crippen molar-refractivity contribution >= 4 is 27.8 Å². The Bertz CT molecular complexity index is 531. The van der Waals surface area contributed by atoms with Crippen LogP contribution in [0.25, 0.3) is 0 Å². The van der Waals surface area contributed by atoms with Crippen molar-refractivity contribution < 1.29 is 18.7 Å². The Hall–Kier alpha value is -1.43. The highest BCUT2D eigenvalue weighted by Crippen LogP contribution is 2.30. The molecule has 0 unspecified atom stereocenters. The lowest BCUT2D eigenvalue weighted by atomic mass is 10.2. The predicted octanol–water partition coefficient (Wildman–Crippen LogP) is 2.76. The smallest absolute Gasteiger partial charge is 0.325 e. The van der Waals surface area contributed by atoms with Gasteiger partial charge in [0, 0.05) is 6.04 Å². The lowest BCUT2D eigenvalue weighted by Crippen LogP contribution is -2.38. The lowest BCUT2D eigenvalue weighted by molar-refractivity contribution is -0.144. The molecule has 1 amide bonds. The molecule has 0 bridgehead atoms. The molecule has 4 nitrogen and oxygen atoms in total. The highest BCUT2D eigenvalue weighted by atomic mass is 79.9. The summed E-state index contributed by atoms with van der Waals surface area (Å²) >= 11 is 3.08.